The molecule has 1 aromatic heterocycles. The van der Waals surface area contributed by atoms with Crippen LogP contribution in [0.15, 0.2) is 23.7 Å². The van der Waals surface area contributed by atoms with E-state index in [1.807, 2.05) is 11.6 Å². The molecule has 0 fully saturated rings. The first-order valence-electron chi connectivity index (χ1n) is 6.05. The Hall–Kier alpha value is -1.13. The molecule has 0 saturated heterocycles. The molecule has 0 aliphatic heterocycles. The van der Waals surface area contributed by atoms with Crippen molar-refractivity contribution in [3.05, 3.63) is 23.7 Å². The molecule has 0 radical (unpaired) electrons. The number of hydrogen-bond acceptors (Lipinski definition) is 4. The number of nitrogens with one attached hydrogen (secondary N) is 1. The van der Waals surface area contributed by atoms with E-state index < -0.39 is 0 Å². The average molecular weight is 250 g/mol. The van der Waals surface area contributed by atoms with Crippen molar-refractivity contribution in [2.24, 2.45) is 0 Å². The summed E-state index contributed by atoms with van der Waals surface area (Å²) in [5.74, 6) is 0. The van der Waals surface area contributed by atoms with E-state index in [0.717, 1.165) is 37.4 Å². The Labute approximate surface area is 106 Å². The second-order valence-electron chi connectivity index (χ2n) is 3.93. The number of ether oxygens (including phenoxy) is 1. The normalized spacial score (nSPS) is 10.9. The van der Waals surface area contributed by atoms with E-state index >= 15 is 0 Å². The summed E-state index contributed by atoms with van der Waals surface area (Å²) in [5, 5.41) is 3.36. The molecular formula is C13H18N2OS. The fraction of sp³-hybridized carbons (Fsp3) is 0.462. The fourth-order valence-corrected chi connectivity index (χ4v) is 2.30. The number of unbranched alkanes of at least 4 members (excludes halogenated alkanes) is 1. The molecule has 1 N–H and O–H groups in total. The third-order valence-electron chi connectivity index (χ3n) is 2.55. The second kappa shape index (κ2) is 6.57. The van der Waals surface area contributed by atoms with Crippen LogP contribution in [-0.2, 0) is 4.74 Å². The molecule has 2 rings (SSSR count). The Kier molecular flexibility index (Phi) is 4.76. The van der Waals surface area contributed by atoms with Crippen molar-refractivity contribution in [2.45, 2.75) is 19.8 Å². The van der Waals surface area contributed by atoms with E-state index in [-0.39, 0.29) is 0 Å². The molecule has 2 aromatic rings. The van der Waals surface area contributed by atoms with E-state index in [4.69, 9.17) is 4.74 Å². The number of thiazole rings is 1. The summed E-state index contributed by atoms with van der Waals surface area (Å²) in [4.78, 5) is 4.26. The van der Waals surface area contributed by atoms with Crippen LogP contribution in [-0.4, -0.2) is 24.7 Å². The summed E-state index contributed by atoms with van der Waals surface area (Å²) in [7, 11) is 0. The molecule has 92 valence electrons. The van der Waals surface area contributed by atoms with Crippen LogP contribution in [0.25, 0.3) is 10.2 Å². The number of fused-ring (bicyclic) bond motifs is 1. The van der Waals surface area contributed by atoms with Crippen LogP contribution >= 0.6 is 11.3 Å². The number of hydrogen-bond donors (Lipinski definition) is 1. The first-order chi connectivity index (χ1) is 8.40. The molecule has 0 spiro atoms. The van der Waals surface area contributed by atoms with Crippen molar-refractivity contribution in [3.8, 4) is 0 Å². The van der Waals surface area contributed by atoms with Crippen LogP contribution in [0.3, 0.4) is 0 Å². The molecule has 0 atom stereocenters. The Morgan fingerprint density at radius 1 is 1.35 bits per heavy atom. The van der Waals surface area contributed by atoms with Crippen LogP contribution in [0.2, 0.25) is 0 Å². The maximum absolute atomic E-state index is 5.50. The van der Waals surface area contributed by atoms with Gasteiger partial charge in [0.25, 0.3) is 0 Å². The molecule has 0 aliphatic rings. The second-order valence-corrected chi connectivity index (χ2v) is 4.81. The summed E-state index contributed by atoms with van der Waals surface area (Å²) in [6.07, 6.45) is 2.34. The Balaban J connectivity index is 1.75. The van der Waals surface area contributed by atoms with Gasteiger partial charge >= 0.3 is 0 Å². The lowest BCUT2D eigenvalue weighted by molar-refractivity contribution is 0.141. The molecule has 4 heteroatoms. The van der Waals surface area contributed by atoms with Crippen LogP contribution in [0.1, 0.15) is 19.8 Å². The molecule has 0 unspecified atom stereocenters. The van der Waals surface area contributed by atoms with E-state index in [0.29, 0.717) is 0 Å². The molecular weight excluding hydrogens is 232 g/mol. The third kappa shape index (κ3) is 3.68. The summed E-state index contributed by atoms with van der Waals surface area (Å²) >= 11 is 1.67. The smallest absolute Gasteiger partial charge is 0.0813 e. The minimum Gasteiger partial charge on any atom is -0.383 e. The van der Waals surface area contributed by atoms with Crippen LogP contribution < -0.4 is 5.32 Å². The highest BCUT2D eigenvalue weighted by Crippen LogP contribution is 2.21. The van der Waals surface area contributed by atoms with Gasteiger partial charge in [0, 0.05) is 18.8 Å². The van der Waals surface area contributed by atoms with Gasteiger partial charge in [0.2, 0.25) is 0 Å². The monoisotopic (exact) mass is 250 g/mol. The van der Waals surface area contributed by atoms with Gasteiger partial charge in [-0.2, -0.15) is 0 Å². The lowest BCUT2D eigenvalue weighted by Crippen LogP contribution is -2.09. The number of rotatable bonds is 7. The van der Waals surface area contributed by atoms with Crippen molar-refractivity contribution in [1.82, 2.24) is 4.98 Å². The molecule has 3 nitrogen and oxygen atoms in total. The zero-order valence-corrected chi connectivity index (χ0v) is 10.9. The van der Waals surface area contributed by atoms with Crippen molar-refractivity contribution in [1.29, 1.82) is 0 Å². The summed E-state index contributed by atoms with van der Waals surface area (Å²) < 4.78 is 6.72. The minimum atomic E-state index is 0.765. The summed E-state index contributed by atoms with van der Waals surface area (Å²) in [6.45, 7) is 4.66. The predicted molar refractivity (Wildman–Crippen MR) is 73.8 cm³/mol. The SMILES string of the molecule is CCCCOCCNc1ccc2ncsc2c1. The van der Waals surface area contributed by atoms with Crippen LogP contribution in [0.5, 0.6) is 0 Å². The largest absolute Gasteiger partial charge is 0.383 e. The average Bonchev–Trinajstić information content (AvgIpc) is 2.81. The number of aromatic nitrogens is 1. The zero-order chi connectivity index (χ0) is 11.9. The molecule has 17 heavy (non-hydrogen) atoms. The maximum Gasteiger partial charge on any atom is 0.0813 e. The molecule has 0 bridgehead atoms. The van der Waals surface area contributed by atoms with Gasteiger partial charge in [-0.25, -0.2) is 4.98 Å². The fourth-order valence-electron chi connectivity index (χ4n) is 1.58. The Morgan fingerprint density at radius 3 is 3.18 bits per heavy atom. The van der Waals surface area contributed by atoms with Gasteiger partial charge in [0.15, 0.2) is 0 Å². The first-order valence-corrected chi connectivity index (χ1v) is 6.93. The van der Waals surface area contributed by atoms with Gasteiger partial charge in [-0.1, -0.05) is 13.3 Å². The lowest BCUT2D eigenvalue weighted by Gasteiger charge is -2.06. The van der Waals surface area contributed by atoms with Gasteiger partial charge in [-0.05, 0) is 24.6 Å². The van der Waals surface area contributed by atoms with E-state index in [2.05, 4.69) is 29.4 Å². The molecule has 1 heterocycles. The molecule has 0 saturated carbocycles. The van der Waals surface area contributed by atoms with Gasteiger partial charge in [0.1, 0.15) is 0 Å². The molecule has 1 aromatic carbocycles. The number of nitrogens with zero attached hydrogens (tertiary/aromatic N) is 1. The quantitative estimate of drug-likeness (QED) is 0.763. The first kappa shape index (κ1) is 12.3. The van der Waals surface area contributed by atoms with Crippen molar-refractivity contribution >= 4 is 27.2 Å². The van der Waals surface area contributed by atoms with E-state index in [1.54, 1.807) is 11.3 Å². The van der Waals surface area contributed by atoms with E-state index in [9.17, 15) is 0 Å². The minimum absolute atomic E-state index is 0.765. The summed E-state index contributed by atoms with van der Waals surface area (Å²) in [5.41, 5.74) is 4.09. The highest BCUT2D eigenvalue weighted by atomic mass is 32.1. The third-order valence-corrected chi connectivity index (χ3v) is 3.34. The molecule has 0 aliphatic carbocycles. The standard InChI is InChI=1S/C13H18N2OS/c1-2-3-7-16-8-6-14-11-4-5-12-13(9-11)17-10-15-12/h4-5,9-10,14H,2-3,6-8H2,1H3. The topological polar surface area (TPSA) is 34.1 Å². The van der Waals surface area contributed by atoms with Gasteiger partial charge in [0.05, 0.1) is 22.3 Å². The highest BCUT2D eigenvalue weighted by Gasteiger charge is 1.98. The van der Waals surface area contributed by atoms with Crippen molar-refractivity contribution < 1.29 is 4.74 Å². The highest BCUT2D eigenvalue weighted by molar-refractivity contribution is 7.16. The predicted octanol–water partition coefficient (Wildman–Crippen LogP) is 3.52. The van der Waals surface area contributed by atoms with Crippen molar-refractivity contribution in [3.63, 3.8) is 0 Å². The maximum atomic E-state index is 5.50. The number of anilines is 1. The van der Waals surface area contributed by atoms with E-state index in [1.165, 1.54) is 11.1 Å². The van der Waals surface area contributed by atoms with Gasteiger partial charge in [-0.15, -0.1) is 11.3 Å². The Morgan fingerprint density at radius 2 is 2.29 bits per heavy atom. The Bertz CT molecular complexity index is 455. The molecule has 0 amide bonds. The van der Waals surface area contributed by atoms with Crippen molar-refractivity contribution in [2.75, 3.05) is 25.1 Å². The lowest BCUT2D eigenvalue weighted by atomic mass is 10.3. The number of benzene rings is 1. The summed E-state index contributed by atoms with van der Waals surface area (Å²) in [6, 6.07) is 6.25. The van der Waals surface area contributed by atoms with Gasteiger partial charge < -0.3 is 10.1 Å². The van der Waals surface area contributed by atoms with Crippen LogP contribution in [0, 0.1) is 0 Å². The zero-order valence-electron chi connectivity index (χ0n) is 10.1. The van der Waals surface area contributed by atoms with Gasteiger partial charge in [-0.3, -0.25) is 0 Å². The van der Waals surface area contributed by atoms with Crippen LogP contribution in [0.4, 0.5) is 5.69 Å².